The number of urea groups is 1. The van der Waals surface area contributed by atoms with Crippen molar-refractivity contribution in [2.45, 2.75) is 25.9 Å². The second kappa shape index (κ2) is 7.62. The highest BCUT2D eigenvalue weighted by Gasteiger charge is 2.19. The number of hydrogen-bond donors (Lipinski definition) is 3. The van der Waals surface area contributed by atoms with E-state index in [9.17, 15) is 9.59 Å². The van der Waals surface area contributed by atoms with Gasteiger partial charge in [0, 0.05) is 0 Å². The van der Waals surface area contributed by atoms with Crippen LogP contribution in [0.25, 0.3) is 0 Å². The van der Waals surface area contributed by atoms with Crippen molar-refractivity contribution in [3.63, 3.8) is 0 Å². The quantitative estimate of drug-likeness (QED) is 0.664. The Bertz CT molecular complexity index is 437. The van der Waals surface area contributed by atoms with Gasteiger partial charge < -0.3 is 20.3 Å². The van der Waals surface area contributed by atoms with Crippen LogP contribution in [0.2, 0.25) is 0 Å². The fourth-order valence-electron chi connectivity index (χ4n) is 1.27. The molecular formula is C10H16N4O4S. The Morgan fingerprint density at radius 1 is 1.53 bits per heavy atom. The zero-order chi connectivity index (χ0) is 14.3. The summed E-state index contributed by atoms with van der Waals surface area (Å²) in [5.41, 5.74) is 0. The van der Waals surface area contributed by atoms with Crippen LogP contribution in [-0.2, 0) is 11.3 Å². The predicted octanol–water partition coefficient (Wildman–Crippen LogP) is 0.384. The summed E-state index contributed by atoms with van der Waals surface area (Å²) in [7, 11) is 0. The van der Waals surface area contributed by atoms with E-state index in [-0.39, 0.29) is 12.4 Å². The van der Waals surface area contributed by atoms with Gasteiger partial charge in [0.15, 0.2) is 5.82 Å². The number of carboxylic acids is 1. The zero-order valence-electron chi connectivity index (χ0n) is 10.7. The lowest BCUT2D eigenvalue weighted by Gasteiger charge is -2.13. The monoisotopic (exact) mass is 288 g/mol. The van der Waals surface area contributed by atoms with Gasteiger partial charge in [-0.1, -0.05) is 5.16 Å². The van der Waals surface area contributed by atoms with Gasteiger partial charge in [-0.3, -0.25) is 0 Å². The number of aryl methyl sites for hydroxylation is 1. The van der Waals surface area contributed by atoms with Gasteiger partial charge in [-0.2, -0.15) is 16.7 Å². The van der Waals surface area contributed by atoms with Crippen molar-refractivity contribution in [3.05, 3.63) is 11.7 Å². The number of thioether (sulfide) groups is 1. The normalized spacial score (nSPS) is 11.9. The second-order valence-corrected chi connectivity index (χ2v) is 4.72. The number of nitrogens with zero attached hydrogens (tertiary/aromatic N) is 2. The molecule has 1 rings (SSSR count). The predicted molar refractivity (Wildman–Crippen MR) is 68.8 cm³/mol. The first-order valence-corrected chi connectivity index (χ1v) is 6.97. The van der Waals surface area contributed by atoms with Crippen molar-refractivity contribution < 1.29 is 19.2 Å². The average molecular weight is 288 g/mol. The minimum absolute atomic E-state index is 0.0571. The van der Waals surface area contributed by atoms with Crippen LogP contribution >= 0.6 is 11.8 Å². The first-order valence-electron chi connectivity index (χ1n) is 5.58. The molecule has 1 heterocycles. The van der Waals surface area contributed by atoms with E-state index in [4.69, 9.17) is 9.63 Å². The van der Waals surface area contributed by atoms with Crippen LogP contribution in [0.15, 0.2) is 4.52 Å². The summed E-state index contributed by atoms with van der Waals surface area (Å²) >= 11 is 1.52. The lowest BCUT2D eigenvalue weighted by atomic mass is 10.2. The van der Waals surface area contributed by atoms with E-state index in [2.05, 4.69) is 20.8 Å². The minimum Gasteiger partial charge on any atom is -0.480 e. The number of amides is 2. The van der Waals surface area contributed by atoms with E-state index < -0.39 is 18.0 Å². The third-order valence-corrected chi connectivity index (χ3v) is 2.83. The summed E-state index contributed by atoms with van der Waals surface area (Å²) in [6.07, 6.45) is 2.24. The molecule has 0 bridgehead atoms. The fourth-order valence-corrected chi connectivity index (χ4v) is 1.74. The van der Waals surface area contributed by atoms with Gasteiger partial charge in [0.05, 0.1) is 6.54 Å². The molecule has 0 fully saturated rings. The van der Waals surface area contributed by atoms with Crippen molar-refractivity contribution in [2.24, 2.45) is 0 Å². The fraction of sp³-hybridized carbons (Fsp3) is 0.600. The van der Waals surface area contributed by atoms with Crippen molar-refractivity contribution in [3.8, 4) is 0 Å². The molecule has 9 heteroatoms. The Hall–Kier alpha value is -1.77. The first-order chi connectivity index (χ1) is 9.02. The van der Waals surface area contributed by atoms with Gasteiger partial charge in [-0.05, 0) is 25.4 Å². The van der Waals surface area contributed by atoms with Gasteiger partial charge >= 0.3 is 12.0 Å². The summed E-state index contributed by atoms with van der Waals surface area (Å²) in [6.45, 7) is 1.72. The maximum absolute atomic E-state index is 11.5. The number of aliphatic carboxylic acids is 1. The summed E-state index contributed by atoms with van der Waals surface area (Å²) in [6, 6.07) is -1.48. The van der Waals surface area contributed by atoms with Crippen LogP contribution in [-0.4, -0.2) is 45.3 Å². The molecule has 0 aliphatic rings. The molecule has 0 spiro atoms. The Labute approximate surface area is 114 Å². The summed E-state index contributed by atoms with van der Waals surface area (Å²) in [5, 5.41) is 17.3. The molecular weight excluding hydrogens is 272 g/mol. The summed E-state index contributed by atoms with van der Waals surface area (Å²) < 4.78 is 4.81. The zero-order valence-corrected chi connectivity index (χ0v) is 11.5. The molecule has 1 atom stereocenters. The SMILES string of the molecule is CSCC[C@H](NC(=O)NCc1nc(C)no1)C(=O)O. The van der Waals surface area contributed by atoms with E-state index in [1.165, 1.54) is 11.8 Å². The van der Waals surface area contributed by atoms with Gasteiger partial charge in [0.2, 0.25) is 5.89 Å². The van der Waals surface area contributed by atoms with Crippen LogP contribution in [0.3, 0.4) is 0 Å². The Balaban J connectivity index is 2.37. The molecule has 0 saturated heterocycles. The van der Waals surface area contributed by atoms with Crippen LogP contribution < -0.4 is 10.6 Å². The van der Waals surface area contributed by atoms with Crippen molar-refractivity contribution >= 4 is 23.8 Å². The van der Waals surface area contributed by atoms with Crippen LogP contribution in [0.1, 0.15) is 18.1 Å². The number of hydrogen-bond acceptors (Lipinski definition) is 6. The molecule has 3 N–H and O–H groups in total. The van der Waals surface area contributed by atoms with E-state index >= 15 is 0 Å². The lowest BCUT2D eigenvalue weighted by molar-refractivity contribution is -0.139. The number of carbonyl (C=O) groups excluding carboxylic acids is 1. The number of carbonyl (C=O) groups is 2. The highest BCUT2D eigenvalue weighted by Crippen LogP contribution is 2.01. The van der Waals surface area contributed by atoms with Gasteiger partial charge in [-0.15, -0.1) is 0 Å². The van der Waals surface area contributed by atoms with Crippen molar-refractivity contribution in [1.82, 2.24) is 20.8 Å². The summed E-state index contributed by atoms with van der Waals surface area (Å²) in [4.78, 5) is 26.4. The van der Waals surface area contributed by atoms with E-state index in [0.717, 1.165) is 0 Å². The third-order valence-electron chi connectivity index (χ3n) is 2.18. The lowest BCUT2D eigenvalue weighted by Crippen LogP contribution is -2.46. The molecule has 8 nitrogen and oxygen atoms in total. The summed E-state index contributed by atoms with van der Waals surface area (Å²) in [5.74, 6) is 0.335. The minimum atomic E-state index is -1.06. The molecule has 19 heavy (non-hydrogen) atoms. The highest BCUT2D eigenvalue weighted by molar-refractivity contribution is 7.98. The van der Waals surface area contributed by atoms with Crippen LogP contribution in [0.5, 0.6) is 0 Å². The molecule has 106 valence electrons. The first kappa shape index (κ1) is 15.3. The molecule has 1 aromatic rings. The Kier molecular flexibility index (Phi) is 6.13. The number of rotatable bonds is 7. The smallest absolute Gasteiger partial charge is 0.326 e. The Morgan fingerprint density at radius 3 is 2.79 bits per heavy atom. The molecule has 2 amide bonds. The maximum atomic E-state index is 11.5. The van der Waals surface area contributed by atoms with Gasteiger partial charge in [0.25, 0.3) is 0 Å². The van der Waals surface area contributed by atoms with E-state index in [0.29, 0.717) is 18.0 Å². The van der Waals surface area contributed by atoms with Crippen LogP contribution in [0.4, 0.5) is 4.79 Å². The van der Waals surface area contributed by atoms with Crippen LogP contribution in [0, 0.1) is 6.92 Å². The van der Waals surface area contributed by atoms with Gasteiger partial charge in [-0.25, -0.2) is 9.59 Å². The standard InChI is InChI=1S/C10H16N4O4S/c1-6-12-8(18-14-6)5-11-10(17)13-7(9(15)16)3-4-19-2/h7H,3-5H2,1-2H3,(H,15,16)(H2,11,13,17)/t7-/m0/s1. The third kappa shape index (κ3) is 5.60. The molecule has 0 saturated carbocycles. The Morgan fingerprint density at radius 2 is 2.26 bits per heavy atom. The second-order valence-electron chi connectivity index (χ2n) is 3.73. The molecule has 1 aromatic heterocycles. The largest absolute Gasteiger partial charge is 0.480 e. The molecule has 0 aliphatic heterocycles. The number of aromatic nitrogens is 2. The van der Waals surface area contributed by atoms with Crippen molar-refractivity contribution in [2.75, 3.05) is 12.0 Å². The highest BCUT2D eigenvalue weighted by atomic mass is 32.2. The molecule has 0 unspecified atom stereocenters. The van der Waals surface area contributed by atoms with Crippen molar-refractivity contribution in [1.29, 1.82) is 0 Å². The molecule has 0 aromatic carbocycles. The number of nitrogens with one attached hydrogen (secondary N) is 2. The van der Waals surface area contributed by atoms with E-state index in [1.807, 2.05) is 6.26 Å². The average Bonchev–Trinajstić information content (AvgIpc) is 2.77. The molecule has 0 radical (unpaired) electrons. The molecule has 0 aliphatic carbocycles. The number of carboxylic acid groups (broad SMARTS) is 1. The van der Waals surface area contributed by atoms with E-state index in [1.54, 1.807) is 6.92 Å². The maximum Gasteiger partial charge on any atom is 0.326 e. The van der Waals surface area contributed by atoms with Gasteiger partial charge in [0.1, 0.15) is 6.04 Å². The topological polar surface area (TPSA) is 117 Å².